The third kappa shape index (κ3) is 3.79. The van der Waals surface area contributed by atoms with Gasteiger partial charge in [-0.2, -0.15) is 0 Å². The van der Waals surface area contributed by atoms with E-state index in [1.807, 2.05) is 18.2 Å². The molecule has 0 saturated heterocycles. The van der Waals surface area contributed by atoms with E-state index >= 15 is 0 Å². The highest BCUT2D eigenvalue weighted by Gasteiger charge is 2.23. The molecule has 1 aromatic carbocycles. The van der Waals surface area contributed by atoms with Crippen LogP contribution in [0.25, 0.3) is 0 Å². The van der Waals surface area contributed by atoms with E-state index in [9.17, 15) is 0 Å². The second kappa shape index (κ2) is 7.03. The Kier molecular flexibility index (Phi) is 5.66. The molecule has 0 aromatic heterocycles. The van der Waals surface area contributed by atoms with Crippen LogP contribution in [0.4, 0.5) is 0 Å². The van der Waals surface area contributed by atoms with Crippen LogP contribution in [-0.4, -0.2) is 0 Å². The largest absolute Gasteiger partial charge is 0.117 e. The summed E-state index contributed by atoms with van der Waals surface area (Å²) >= 11 is 18.9. The van der Waals surface area contributed by atoms with Crippen LogP contribution in [0.2, 0.25) is 10.0 Å². The van der Waals surface area contributed by atoms with Gasteiger partial charge in [0.15, 0.2) is 0 Å². The molecule has 1 aliphatic carbocycles. The maximum absolute atomic E-state index is 6.65. The second-order valence-corrected chi connectivity index (χ2v) is 6.49. The maximum Gasteiger partial charge on any atom is 0.0628 e. The van der Waals surface area contributed by atoms with Gasteiger partial charge in [0.05, 0.1) is 5.38 Å². The van der Waals surface area contributed by atoms with Crippen molar-refractivity contribution in [2.45, 2.75) is 50.3 Å². The van der Waals surface area contributed by atoms with Gasteiger partial charge in [-0.25, -0.2) is 0 Å². The van der Waals surface area contributed by atoms with Crippen molar-refractivity contribution in [1.82, 2.24) is 0 Å². The summed E-state index contributed by atoms with van der Waals surface area (Å²) in [6, 6.07) is 5.58. The van der Waals surface area contributed by atoms with Gasteiger partial charge in [-0.15, -0.1) is 11.6 Å². The van der Waals surface area contributed by atoms with Gasteiger partial charge in [0, 0.05) is 10.0 Å². The van der Waals surface area contributed by atoms with Gasteiger partial charge in [0.1, 0.15) is 0 Å². The fourth-order valence-electron chi connectivity index (χ4n) is 2.76. The van der Waals surface area contributed by atoms with Crippen molar-refractivity contribution in [3.8, 4) is 0 Å². The quantitative estimate of drug-likeness (QED) is 0.538. The predicted octanol–water partition coefficient (Wildman–Crippen LogP) is 6.63. The van der Waals surface area contributed by atoms with Crippen molar-refractivity contribution in [2.75, 3.05) is 0 Å². The van der Waals surface area contributed by atoms with Crippen LogP contribution in [-0.2, 0) is 0 Å². The van der Waals surface area contributed by atoms with Gasteiger partial charge in [-0.1, -0.05) is 55.3 Å². The van der Waals surface area contributed by atoms with E-state index in [2.05, 4.69) is 0 Å². The molecule has 3 heteroatoms. The van der Waals surface area contributed by atoms with E-state index in [0.717, 1.165) is 10.6 Å². The van der Waals surface area contributed by atoms with Crippen LogP contribution in [0.3, 0.4) is 0 Å². The van der Waals surface area contributed by atoms with Gasteiger partial charge in [0.2, 0.25) is 0 Å². The predicted molar refractivity (Wildman–Crippen MR) is 80.9 cm³/mol. The number of hydrogen-bond acceptors (Lipinski definition) is 0. The van der Waals surface area contributed by atoms with Crippen molar-refractivity contribution in [3.05, 3.63) is 33.8 Å². The zero-order valence-corrected chi connectivity index (χ0v) is 12.7. The van der Waals surface area contributed by atoms with Crippen LogP contribution in [0.15, 0.2) is 18.2 Å². The standard InChI is InChI=1S/C15H19Cl3/c16-12-8-9-14(17)13(10-12)15(18)11-6-4-2-1-3-5-7-11/h8-11,15H,1-7H2. The van der Waals surface area contributed by atoms with E-state index in [1.165, 1.54) is 44.9 Å². The summed E-state index contributed by atoms with van der Waals surface area (Å²) in [6.45, 7) is 0. The average Bonchev–Trinajstić information content (AvgIpc) is 2.31. The maximum atomic E-state index is 6.65. The molecule has 1 unspecified atom stereocenters. The number of halogens is 3. The van der Waals surface area contributed by atoms with E-state index in [-0.39, 0.29) is 5.38 Å². The van der Waals surface area contributed by atoms with Crippen LogP contribution in [0.5, 0.6) is 0 Å². The molecule has 0 radical (unpaired) electrons. The summed E-state index contributed by atoms with van der Waals surface area (Å²) in [7, 11) is 0. The van der Waals surface area contributed by atoms with Crippen LogP contribution in [0, 0.1) is 5.92 Å². The number of benzene rings is 1. The Morgan fingerprint density at radius 1 is 0.944 bits per heavy atom. The lowest BCUT2D eigenvalue weighted by molar-refractivity contribution is 0.368. The molecule has 1 aromatic rings. The molecule has 1 atom stereocenters. The average molecular weight is 306 g/mol. The number of rotatable bonds is 2. The molecule has 0 spiro atoms. The van der Waals surface area contributed by atoms with Crippen LogP contribution >= 0.6 is 34.8 Å². The van der Waals surface area contributed by atoms with Gasteiger partial charge in [-0.3, -0.25) is 0 Å². The molecule has 0 N–H and O–H groups in total. The highest BCUT2D eigenvalue weighted by molar-refractivity contribution is 6.34. The first-order chi connectivity index (χ1) is 8.68. The summed E-state index contributed by atoms with van der Waals surface area (Å²) in [5.41, 5.74) is 0.997. The smallest absolute Gasteiger partial charge is 0.0628 e. The summed E-state index contributed by atoms with van der Waals surface area (Å²) in [5.74, 6) is 0.530. The Balaban J connectivity index is 2.12. The van der Waals surface area contributed by atoms with E-state index in [4.69, 9.17) is 34.8 Å². The summed E-state index contributed by atoms with van der Waals surface area (Å²) in [4.78, 5) is 0. The molecule has 1 aliphatic rings. The molecule has 1 fully saturated rings. The highest BCUT2D eigenvalue weighted by atomic mass is 35.5. The molecule has 0 aliphatic heterocycles. The third-order valence-electron chi connectivity index (χ3n) is 3.82. The van der Waals surface area contributed by atoms with Crippen molar-refractivity contribution < 1.29 is 0 Å². The summed E-state index contributed by atoms with van der Waals surface area (Å²) in [6.07, 6.45) is 9.02. The minimum Gasteiger partial charge on any atom is -0.117 e. The SMILES string of the molecule is Clc1ccc(Cl)c(C(Cl)C2CCCCCCC2)c1. The van der Waals surface area contributed by atoms with E-state index in [0.29, 0.717) is 10.9 Å². The lowest BCUT2D eigenvalue weighted by Gasteiger charge is -2.25. The fraction of sp³-hybridized carbons (Fsp3) is 0.600. The number of hydrogen-bond donors (Lipinski definition) is 0. The van der Waals surface area contributed by atoms with Gasteiger partial charge in [0.25, 0.3) is 0 Å². The van der Waals surface area contributed by atoms with E-state index in [1.54, 1.807) is 0 Å². The molecular formula is C15H19Cl3. The Morgan fingerprint density at radius 2 is 1.56 bits per heavy atom. The molecule has 2 rings (SSSR count). The molecule has 18 heavy (non-hydrogen) atoms. The molecule has 0 amide bonds. The van der Waals surface area contributed by atoms with Crippen LogP contribution < -0.4 is 0 Å². The monoisotopic (exact) mass is 304 g/mol. The molecular weight excluding hydrogens is 287 g/mol. The van der Waals surface area contributed by atoms with Crippen molar-refractivity contribution in [2.24, 2.45) is 5.92 Å². The van der Waals surface area contributed by atoms with Gasteiger partial charge < -0.3 is 0 Å². The first-order valence-corrected chi connectivity index (χ1v) is 7.97. The normalized spacial score (nSPS) is 20.2. The Hall–Kier alpha value is 0.0900. The molecule has 0 heterocycles. The lowest BCUT2D eigenvalue weighted by Crippen LogP contribution is -2.10. The third-order valence-corrected chi connectivity index (χ3v) is 4.99. The molecule has 0 bridgehead atoms. The minimum absolute atomic E-state index is 0.00528. The Labute approximate surface area is 125 Å². The van der Waals surface area contributed by atoms with Gasteiger partial charge >= 0.3 is 0 Å². The molecule has 100 valence electrons. The van der Waals surface area contributed by atoms with Crippen molar-refractivity contribution >= 4 is 34.8 Å². The second-order valence-electron chi connectivity index (χ2n) is 5.17. The van der Waals surface area contributed by atoms with Crippen molar-refractivity contribution in [3.63, 3.8) is 0 Å². The summed E-state index contributed by atoms with van der Waals surface area (Å²) < 4.78 is 0. The van der Waals surface area contributed by atoms with Gasteiger partial charge in [-0.05, 0) is 42.5 Å². The number of alkyl halides is 1. The Bertz CT molecular complexity index is 381. The molecule has 1 saturated carbocycles. The zero-order valence-electron chi connectivity index (χ0n) is 10.5. The van der Waals surface area contributed by atoms with Crippen molar-refractivity contribution in [1.29, 1.82) is 0 Å². The first-order valence-electron chi connectivity index (χ1n) is 6.77. The topological polar surface area (TPSA) is 0 Å². The van der Waals surface area contributed by atoms with E-state index < -0.39 is 0 Å². The minimum atomic E-state index is -0.00528. The zero-order chi connectivity index (χ0) is 13.0. The first kappa shape index (κ1) is 14.5. The lowest BCUT2D eigenvalue weighted by atomic mass is 9.86. The highest BCUT2D eigenvalue weighted by Crippen LogP contribution is 2.40. The Morgan fingerprint density at radius 3 is 2.22 bits per heavy atom. The fourth-order valence-corrected chi connectivity index (χ4v) is 3.66. The van der Waals surface area contributed by atoms with Crippen LogP contribution in [0.1, 0.15) is 55.9 Å². The molecule has 0 nitrogen and oxygen atoms in total. The summed E-state index contributed by atoms with van der Waals surface area (Å²) in [5, 5.41) is 1.45.